The molecule has 0 radical (unpaired) electrons. The number of allylic oxidation sites excluding steroid dienone is 2. The van der Waals surface area contributed by atoms with Gasteiger partial charge >= 0.3 is 0 Å². The molecule has 148 valence electrons. The maximum absolute atomic E-state index is 13.2. The Morgan fingerprint density at radius 3 is 2.72 bits per heavy atom. The zero-order valence-electron chi connectivity index (χ0n) is 17.2. The van der Waals surface area contributed by atoms with Gasteiger partial charge in [-0.05, 0) is 67.3 Å². The van der Waals surface area contributed by atoms with E-state index in [1.165, 1.54) is 42.4 Å². The first-order chi connectivity index (χ1) is 14.2. The molecule has 29 heavy (non-hydrogen) atoms. The summed E-state index contributed by atoms with van der Waals surface area (Å²) in [5.74, 6) is 0.131. The molecule has 3 heteroatoms. The van der Waals surface area contributed by atoms with E-state index in [1.807, 2.05) is 34.7 Å². The third-order valence-electron chi connectivity index (χ3n) is 6.61. The van der Waals surface area contributed by atoms with E-state index >= 15 is 0 Å². The smallest absolute Gasteiger partial charge is 0.270 e. The Kier molecular flexibility index (Phi) is 4.75. The summed E-state index contributed by atoms with van der Waals surface area (Å²) in [4.78, 5) is 15.2. The summed E-state index contributed by atoms with van der Waals surface area (Å²) < 4.78 is 2.02. The van der Waals surface area contributed by atoms with Gasteiger partial charge in [0.05, 0.1) is 0 Å². The Morgan fingerprint density at radius 2 is 1.90 bits per heavy atom. The lowest BCUT2D eigenvalue weighted by molar-refractivity contribution is 0.0725. The van der Waals surface area contributed by atoms with Crippen molar-refractivity contribution in [2.75, 3.05) is 6.54 Å². The SMILES string of the molecule is Cn1c(C(=O)N2CCc3cc(CCC4=CCCC4)ccc3C2)cc2ccccc21. The maximum Gasteiger partial charge on any atom is 0.270 e. The molecule has 0 atom stereocenters. The number of para-hydroxylation sites is 1. The van der Waals surface area contributed by atoms with Crippen LogP contribution >= 0.6 is 0 Å². The molecule has 0 unspecified atom stereocenters. The van der Waals surface area contributed by atoms with Crippen molar-refractivity contribution >= 4 is 16.8 Å². The van der Waals surface area contributed by atoms with Crippen molar-refractivity contribution in [3.63, 3.8) is 0 Å². The average Bonchev–Trinajstić information content (AvgIpc) is 3.39. The zero-order chi connectivity index (χ0) is 19.8. The number of nitrogens with zero attached hydrogens (tertiary/aromatic N) is 2. The fraction of sp³-hybridized carbons (Fsp3) is 0.346. The van der Waals surface area contributed by atoms with Crippen molar-refractivity contribution in [3.8, 4) is 0 Å². The van der Waals surface area contributed by atoms with Crippen LogP contribution in [0.25, 0.3) is 10.9 Å². The Morgan fingerprint density at radius 1 is 1.00 bits per heavy atom. The van der Waals surface area contributed by atoms with Crippen molar-refractivity contribution in [1.29, 1.82) is 0 Å². The van der Waals surface area contributed by atoms with Crippen LogP contribution in [0.4, 0.5) is 0 Å². The Labute approximate surface area is 172 Å². The van der Waals surface area contributed by atoms with Crippen LogP contribution in [0.3, 0.4) is 0 Å². The molecule has 5 rings (SSSR count). The van der Waals surface area contributed by atoms with Crippen LogP contribution in [0.15, 0.2) is 60.2 Å². The van der Waals surface area contributed by atoms with Crippen LogP contribution in [0.1, 0.15) is 52.9 Å². The minimum atomic E-state index is 0.131. The molecule has 1 aliphatic carbocycles. The van der Waals surface area contributed by atoms with Gasteiger partial charge in [-0.1, -0.05) is 48.0 Å². The van der Waals surface area contributed by atoms with Gasteiger partial charge < -0.3 is 9.47 Å². The minimum Gasteiger partial charge on any atom is -0.340 e. The number of carbonyl (C=O) groups is 1. The van der Waals surface area contributed by atoms with Crippen LogP contribution in [0.2, 0.25) is 0 Å². The summed E-state index contributed by atoms with van der Waals surface area (Å²) in [5, 5.41) is 1.12. The van der Waals surface area contributed by atoms with E-state index in [-0.39, 0.29) is 5.91 Å². The third kappa shape index (κ3) is 3.50. The number of fused-ring (bicyclic) bond motifs is 2. The Balaban J connectivity index is 1.31. The van der Waals surface area contributed by atoms with Crippen molar-refractivity contribution in [2.24, 2.45) is 7.05 Å². The lowest BCUT2D eigenvalue weighted by Crippen LogP contribution is -2.36. The maximum atomic E-state index is 13.2. The third-order valence-corrected chi connectivity index (χ3v) is 6.61. The van der Waals surface area contributed by atoms with E-state index in [2.05, 4.69) is 36.4 Å². The Hall–Kier alpha value is -2.81. The van der Waals surface area contributed by atoms with Gasteiger partial charge in [0, 0.05) is 31.0 Å². The van der Waals surface area contributed by atoms with E-state index in [0.717, 1.165) is 36.0 Å². The molecule has 2 aliphatic rings. The van der Waals surface area contributed by atoms with E-state index in [0.29, 0.717) is 6.54 Å². The zero-order valence-corrected chi connectivity index (χ0v) is 17.2. The number of amides is 1. The predicted octanol–water partition coefficient (Wildman–Crippen LogP) is 5.42. The summed E-state index contributed by atoms with van der Waals surface area (Å²) in [7, 11) is 1.99. The highest BCUT2D eigenvalue weighted by atomic mass is 16.2. The summed E-state index contributed by atoms with van der Waals surface area (Å²) in [6.45, 7) is 1.50. The molecule has 1 amide bonds. The van der Waals surface area contributed by atoms with Crippen LogP contribution in [-0.2, 0) is 26.4 Å². The molecule has 0 spiro atoms. The molecule has 3 aromatic rings. The first kappa shape index (κ1) is 18.2. The van der Waals surface area contributed by atoms with Gasteiger partial charge in [-0.3, -0.25) is 4.79 Å². The average molecular weight is 385 g/mol. The van der Waals surface area contributed by atoms with Gasteiger partial charge in [0.25, 0.3) is 5.91 Å². The van der Waals surface area contributed by atoms with Crippen LogP contribution in [-0.4, -0.2) is 21.9 Å². The van der Waals surface area contributed by atoms with Gasteiger partial charge in [0.1, 0.15) is 5.69 Å². The molecule has 3 nitrogen and oxygen atoms in total. The first-order valence-corrected chi connectivity index (χ1v) is 10.8. The summed E-state index contributed by atoms with van der Waals surface area (Å²) >= 11 is 0. The number of aryl methyl sites for hydroxylation is 2. The largest absolute Gasteiger partial charge is 0.340 e. The van der Waals surface area contributed by atoms with Crippen LogP contribution < -0.4 is 0 Å². The van der Waals surface area contributed by atoms with Gasteiger partial charge in [0.15, 0.2) is 0 Å². The fourth-order valence-electron chi connectivity index (χ4n) is 4.86. The van der Waals surface area contributed by atoms with Crippen LogP contribution in [0.5, 0.6) is 0 Å². The lowest BCUT2D eigenvalue weighted by Gasteiger charge is -2.29. The van der Waals surface area contributed by atoms with E-state index in [4.69, 9.17) is 0 Å². The molecule has 2 heterocycles. The summed E-state index contributed by atoms with van der Waals surface area (Å²) in [6, 6.07) is 17.1. The second-order valence-corrected chi connectivity index (χ2v) is 8.48. The highest BCUT2D eigenvalue weighted by molar-refractivity contribution is 5.98. The van der Waals surface area contributed by atoms with Gasteiger partial charge in [-0.2, -0.15) is 0 Å². The molecule has 0 bridgehead atoms. The van der Waals surface area contributed by atoms with Crippen molar-refractivity contribution in [1.82, 2.24) is 9.47 Å². The summed E-state index contributed by atoms with van der Waals surface area (Å²) in [6.07, 6.45) is 9.59. The molecular weight excluding hydrogens is 356 g/mol. The van der Waals surface area contributed by atoms with E-state index in [9.17, 15) is 4.79 Å². The molecule has 1 aromatic heterocycles. The quantitative estimate of drug-likeness (QED) is 0.551. The number of hydrogen-bond acceptors (Lipinski definition) is 1. The summed E-state index contributed by atoms with van der Waals surface area (Å²) in [5.41, 5.74) is 7.67. The topological polar surface area (TPSA) is 25.2 Å². The Bertz CT molecular complexity index is 1110. The number of hydrogen-bond donors (Lipinski definition) is 0. The number of carbonyl (C=O) groups excluding carboxylic acids is 1. The molecule has 1 aliphatic heterocycles. The molecule has 0 fully saturated rings. The lowest BCUT2D eigenvalue weighted by atomic mass is 9.94. The molecule has 2 aromatic carbocycles. The predicted molar refractivity (Wildman–Crippen MR) is 118 cm³/mol. The van der Waals surface area contributed by atoms with E-state index < -0.39 is 0 Å². The van der Waals surface area contributed by atoms with Crippen molar-refractivity contribution < 1.29 is 4.79 Å². The van der Waals surface area contributed by atoms with Crippen molar-refractivity contribution in [3.05, 3.63) is 82.6 Å². The highest BCUT2D eigenvalue weighted by Gasteiger charge is 2.24. The monoisotopic (exact) mass is 384 g/mol. The standard InChI is InChI=1S/C26H28N2O/c1-27-24-9-5-4-8-22(24)17-25(27)26(29)28-15-14-21-16-20(12-13-23(21)18-28)11-10-19-6-2-3-7-19/h4-6,8-9,12-13,16-17H,2-3,7,10-11,14-15,18H2,1H3. The van der Waals surface area contributed by atoms with Gasteiger partial charge in [0.2, 0.25) is 0 Å². The highest BCUT2D eigenvalue weighted by Crippen LogP contribution is 2.26. The minimum absolute atomic E-state index is 0.131. The second kappa shape index (κ2) is 7.55. The number of aromatic nitrogens is 1. The van der Waals surface area contributed by atoms with Crippen molar-refractivity contribution in [2.45, 2.75) is 45.1 Å². The second-order valence-electron chi connectivity index (χ2n) is 8.48. The fourth-order valence-corrected chi connectivity index (χ4v) is 4.86. The molecule has 0 saturated carbocycles. The number of rotatable bonds is 4. The molecule has 0 N–H and O–H groups in total. The molecular formula is C26H28N2O. The van der Waals surface area contributed by atoms with Gasteiger partial charge in [-0.15, -0.1) is 0 Å². The number of benzene rings is 2. The van der Waals surface area contributed by atoms with Crippen LogP contribution in [0, 0.1) is 0 Å². The van der Waals surface area contributed by atoms with Gasteiger partial charge in [-0.25, -0.2) is 0 Å². The first-order valence-electron chi connectivity index (χ1n) is 10.8. The normalized spacial score (nSPS) is 16.2. The molecule has 0 saturated heterocycles. The van der Waals surface area contributed by atoms with E-state index in [1.54, 1.807) is 5.57 Å².